The van der Waals surface area contributed by atoms with Crippen molar-refractivity contribution in [1.29, 1.82) is 0 Å². The summed E-state index contributed by atoms with van der Waals surface area (Å²) in [5, 5.41) is 3.26. The van der Waals surface area contributed by atoms with Crippen LogP contribution in [0.5, 0.6) is 0 Å². The first-order chi connectivity index (χ1) is 7.29. The second-order valence-corrected chi connectivity index (χ2v) is 3.45. The first-order valence-electron chi connectivity index (χ1n) is 4.82. The maximum absolute atomic E-state index is 11.3. The van der Waals surface area contributed by atoms with Crippen LogP contribution in [0.15, 0.2) is 24.3 Å². The van der Waals surface area contributed by atoms with Crippen LogP contribution in [0.2, 0.25) is 0 Å². The summed E-state index contributed by atoms with van der Waals surface area (Å²) >= 11 is 0. The second-order valence-electron chi connectivity index (χ2n) is 3.45. The fraction of sp³-hybridized carbons (Fsp3) is 0.364. The lowest BCUT2D eigenvalue weighted by Crippen LogP contribution is -2.40. The van der Waals surface area contributed by atoms with Gasteiger partial charge in [-0.2, -0.15) is 0 Å². The van der Waals surface area contributed by atoms with Crippen molar-refractivity contribution < 1.29 is 14.3 Å². The van der Waals surface area contributed by atoms with E-state index in [0.29, 0.717) is 11.6 Å². The van der Waals surface area contributed by atoms with E-state index >= 15 is 0 Å². The highest BCUT2D eigenvalue weighted by atomic mass is 16.5. The molecule has 1 aliphatic rings. The van der Waals surface area contributed by atoms with E-state index in [1.165, 1.54) is 7.11 Å². The van der Waals surface area contributed by atoms with Gasteiger partial charge in [0, 0.05) is 5.69 Å². The molecule has 2 rings (SSSR count). The molecule has 1 saturated heterocycles. The molecule has 0 radical (unpaired) electrons. The van der Waals surface area contributed by atoms with Crippen LogP contribution in [-0.4, -0.2) is 32.3 Å². The molecule has 1 heterocycles. The molecule has 1 N–H and O–H groups in total. The van der Waals surface area contributed by atoms with Crippen molar-refractivity contribution in [3.05, 3.63) is 29.8 Å². The number of hydrogen-bond acceptors (Lipinski definition) is 4. The van der Waals surface area contributed by atoms with Crippen molar-refractivity contribution in [2.24, 2.45) is 0 Å². The first kappa shape index (κ1) is 9.98. The number of esters is 1. The Morgan fingerprint density at radius 1 is 1.53 bits per heavy atom. The Morgan fingerprint density at radius 2 is 2.33 bits per heavy atom. The predicted octanol–water partition coefficient (Wildman–Crippen LogP) is 1.28. The van der Waals surface area contributed by atoms with Gasteiger partial charge >= 0.3 is 5.97 Å². The molecule has 4 heteroatoms. The van der Waals surface area contributed by atoms with E-state index in [0.717, 1.165) is 18.9 Å². The monoisotopic (exact) mass is 207 g/mol. The number of ether oxygens (including phenoxy) is 2. The van der Waals surface area contributed by atoms with Crippen LogP contribution in [0.4, 0.5) is 5.69 Å². The zero-order chi connectivity index (χ0) is 10.7. The standard InChI is InChI=1S/C11H13NO3/c1-14-11(13)8-3-2-4-9(5-8)12-10-6-15-7-10/h2-5,10,12H,6-7H2,1H3. The lowest BCUT2D eigenvalue weighted by atomic mass is 10.1. The summed E-state index contributed by atoms with van der Waals surface area (Å²) in [5.41, 5.74) is 1.48. The molecule has 1 aliphatic heterocycles. The lowest BCUT2D eigenvalue weighted by molar-refractivity contribution is 0.0211. The molecule has 80 valence electrons. The first-order valence-corrected chi connectivity index (χ1v) is 4.82. The van der Waals surface area contributed by atoms with Gasteiger partial charge in [-0.1, -0.05) is 6.07 Å². The highest BCUT2D eigenvalue weighted by Crippen LogP contribution is 2.15. The molecule has 0 aromatic heterocycles. The maximum atomic E-state index is 11.3. The van der Waals surface area contributed by atoms with Gasteiger partial charge in [-0.05, 0) is 18.2 Å². The Labute approximate surface area is 88.2 Å². The van der Waals surface area contributed by atoms with Crippen molar-refractivity contribution in [2.45, 2.75) is 6.04 Å². The highest BCUT2D eigenvalue weighted by molar-refractivity contribution is 5.90. The summed E-state index contributed by atoms with van der Waals surface area (Å²) in [6, 6.07) is 7.62. The Morgan fingerprint density at radius 3 is 2.93 bits per heavy atom. The Balaban J connectivity index is 2.07. The molecule has 1 aromatic rings. The number of carbonyl (C=O) groups excluding carboxylic acids is 1. The van der Waals surface area contributed by atoms with Gasteiger partial charge in [0.1, 0.15) is 0 Å². The Kier molecular flexibility index (Phi) is 2.87. The fourth-order valence-corrected chi connectivity index (χ4v) is 1.41. The van der Waals surface area contributed by atoms with E-state index in [4.69, 9.17) is 4.74 Å². The van der Waals surface area contributed by atoms with E-state index in [-0.39, 0.29) is 5.97 Å². The molecule has 0 amide bonds. The zero-order valence-corrected chi connectivity index (χ0v) is 8.53. The van der Waals surface area contributed by atoms with Crippen molar-refractivity contribution in [2.75, 3.05) is 25.6 Å². The summed E-state index contributed by atoms with van der Waals surface area (Å²) in [6.45, 7) is 1.45. The molecule has 15 heavy (non-hydrogen) atoms. The van der Waals surface area contributed by atoms with E-state index < -0.39 is 0 Å². The summed E-state index contributed by atoms with van der Waals surface area (Å²) in [7, 11) is 1.38. The average molecular weight is 207 g/mol. The van der Waals surface area contributed by atoms with Crippen LogP contribution in [0, 0.1) is 0 Å². The van der Waals surface area contributed by atoms with Gasteiger partial charge in [-0.3, -0.25) is 0 Å². The third-order valence-corrected chi connectivity index (χ3v) is 2.29. The number of benzene rings is 1. The van der Waals surface area contributed by atoms with Gasteiger partial charge in [0.15, 0.2) is 0 Å². The van der Waals surface area contributed by atoms with Gasteiger partial charge in [-0.25, -0.2) is 4.79 Å². The van der Waals surface area contributed by atoms with Crippen molar-refractivity contribution in [3.63, 3.8) is 0 Å². The van der Waals surface area contributed by atoms with Gasteiger partial charge in [0.25, 0.3) is 0 Å². The zero-order valence-electron chi connectivity index (χ0n) is 8.53. The molecule has 4 nitrogen and oxygen atoms in total. The highest BCUT2D eigenvalue weighted by Gasteiger charge is 2.17. The summed E-state index contributed by atoms with van der Waals surface area (Å²) in [5.74, 6) is -0.316. The number of anilines is 1. The quantitative estimate of drug-likeness (QED) is 0.758. The summed E-state index contributed by atoms with van der Waals surface area (Å²) in [4.78, 5) is 11.3. The normalized spacial score (nSPS) is 15.5. The number of nitrogens with one attached hydrogen (secondary N) is 1. The molecule has 0 spiro atoms. The Hall–Kier alpha value is -1.55. The third-order valence-electron chi connectivity index (χ3n) is 2.29. The number of rotatable bonds is 3. The minimum absolute atomic E-state index is 0.316. The van der Waals surface area contributed by atoms with Crippen molar-refractivity contribution in [3.8, 4) is 0 Å². The van der Waals surface area contributed by atoms with Crippen LogP contribution in [0.3, 0.4) is 0 Å². The van der Waals surface area contributed by atoms with Crippen LogP contribution in [0.25, 0.3) is 0 Å². The largest absolute Gasteiger partial charge is 0.465 e. The Bertz CT molecular complexity index is 361. The number of methoxy groups -OCH3 is 1. The molecule has 0 atom stereocenters. The topological polar surface area (TPSA) is 47.6 Å². The molecule has 1 fully saturated rings. The lowest BCUT2D eigenvalue weighted by Gasteiger charge is -2.27. The van der Waals surface area contributed by atoms with Gasteiger partial charge < -0.3 is 14.8 Å². The molecule has 1 aromatic carbocycles. The molecule has 0 bridgehead atoms. The predicted molar refractivity (Wildman–Crippen MR) is 56.0 cm³/mol. The number of carbonyl (C=O) groups is 1. The van der Waals surface area contributed by atoms with E-state index in [1.54, 1.807) is 12.1 Å². The molecular weight excluding hydrogens is 194 g/mol. The van der Waals surface area contributed by atoms with Crippen LogP contribution in [-0.2, 0) is 9.47 Å². The minimum atomic E-state index is -0.316. The maximum Gasteiger partial charge on any atom is 0.337 e. The summed E-state index contributed by atoms with van der Waals surface area (Å²) in [6.07, 6.45) is 0. The average Bonchev–Trinajstić information content (AvgIpc) is 2.23. The smallest absolute Gasteiger partial charge is 0.337 e. The van der Waals surface area contributed by atoms with Crippen LogP contribution in [0.1, 0.15) is 10.4 Å². The molecule has 0 aliphatic carbocycles. The van der Waals surface area contributed by atoms with Crippen molar-refractivity contribution >= 4 is 11.7 Å². The molecular formula is C11H13NO3. The van der Waals surface area contributed by atoms with Gasteiger partial charge in [0.05, 0.1) is 31.9 Å². The van der Waals surface area contributed by atoms with E-state index in [2.05, 4.69) is 10.1 Å². The van der Waals surface area contributed by atoms with Crippen molar-refractivity contribution in [1.82, 2.24) is 0 Å². The van der Waals surface area contributed by atoms with Crippen LogP contribution < -0.4 is 5.32 Å². The molecule has 0 unspecified atom stereocenters. The fourth-order valence-electron chi connectivity index (χ4n) is 1.41. The SMILES string of the molecule is COC(=O)c1cccc(NC2COC2)c1. The minimum Gasteiger partial charge on any atom is -0.465 e. The molecule has 0 saturated carbocycles. The number of hydrogen-bond donors (Lipinski definition) is 1. The van der Waals surface area contributed by atoms with E-state index in [9.17, 15) is 4.79 Å². The van der Waals surface area contributed by atoms with E-state index in [1.807, 2.05) is 12.1 Å². The van der Waals surface area contributed by atoms with Gasteiger partial charge in [0.2, 0.25) is 0 Å². The third kappa shape index (κ3) is 2.27. The van der Waals surface area contributed by atoms with Crippen LogP contribution >= 0.6 is 0 Å². The second kappa shape index (κ2) is 4.31. The van der Waals surface area contributed by atoms with Gasteiger partial charge in [-0.15, -0.1) is 0 Å². The summed E-state index contributed by atoms with van der Waals surface area (Å²) < 4.78 is 9.70.